The molecule has 1 aliphatic rings. The van der Waals surface area contributed by atoms with Gasteiger partial charge in [0.25, 0.3) is 0 Å². The molecule has 1 saturated carbocycles. The lowest BCUT2D eigenvalue weighted by atomic mass is 10.1. The fourth-order valence-corrected chi connectivity index (χ4v) is 1.79. The Labute approximate surface area is 90.9 Å². The maximum atomic E-state index is 11.3. The summed E-state index contributed by atoms with van der Waals surface area (Å²) < 4.78 is 0. The van der Waals surface area contributed by atoms with E-state index in [2.05, 4.69) is 5.32 Å². The number of amides is 1. The molecule has 1 amide bonds. The number of hydrogen-bond acceptors (Lipinski definition) is 2. The first-order valence-electron chi connectivity index (χ1n) is 5.47. The van der Waals surface area contributed by atoms with Crippen molar-refractivity contribution in [1.29, 1.82) is 0 Å². The SMILES string of the molecule is CC=CC=CC(=O)NCC1CCC(O)C1. The highest BCUT2D eigenvalue weighted by Crippen LogP contribution is 2.24. The summed E-state index contributed by atoms with van der Waals surface area (Å²) in [4.78, 5) is 11.3. The zero-order chi connectivity index (χ0) is 11.1. The Morgan fingerprint density at radius 2 is 2.27 bits per heavy atom. The van der Waals surface area contributed by atoms with Crippen molar-refractivity contribution in [1.82, 2.24) is 5.32 Å². The van der Waals surface area contributed by atoms with Crippen LogP contribution in [0.1, 0.15) is 26.2 Å². The maximum absolute atomic E-state index is 11.3. The van der Waals surface area contributed by atoms with Gasteiger partial charge in [0.05, 0.1) is 6.10 Å². The molecule has 0 aliphatic heterocycles. The normalized spacial score (nSPS) is 26.5. The number of allylic oxidation sites excluding steroid dienone is 3. The van der Waals surface area contributed by atoms with Crippen molar-refractivity contribution < 1.29 is 9.90 Å². The van der Waals surface area contributed by atoms with Crippen molar-refractivity contribution in [3.63, 3.8) is 0 Å². The molecule has 0 spiro atoms. The summed E-state index contributed by atoms with van der Waals surface area (Å²) in [5.74, 6) is 0.383. The number of carbonyl (C=O) groups excluding carboxylic acids is 1. The van der Waals surface area contributed by atoms with E-state index in [1.54, 1.807) is 6.08 Å². The monoisotopic (exact) mass is 209 g/mol. The number of aliphatic hydroxyl groups is 1. The Kier molecular flexibility index (Phi) is 5.12. The average Bonchev–Trinajstić information content (AvgIpc) is 2.62. The molecule has 0 radical (unpaired) electrons. The standard InChI is InChI=1S/C12H19NO2/c1-2-3-4-5-12(15)13-9-10-6-7-11(14)8-10/h2-5,10-11,14H,6-9H2,1H3,(H,13,15). The van der Waals surface area contributed by atoms with E-state index in [0.29, 0.717) is 12.5 Å². The van der Waals surface area contributed by atoms with Gasteiger partial charge in [-0.05, 0) is 32.1 Å². The topological polar surface area (TPSA) is 49.3 Å². The van der Waals surface area contributed by atoms with Gasteiger partial charge in [0.1, 0.15) is 0 Å². The van der Waals surface area contributed by atoms with Crippen molar-refractivity contribution in [3.05, 3.63) is 24.3 Å². The zero-order valence-corrected chi connectivity index (χ0v) is 9.15. The Hall–Kier alpha value is -1.09. The highest BCUT2D eigenvalue weighted by atomic mass is 16.3. The molecule has 2 atom stereocenters. The molecule has 0 aromatic rings. The minimum atomic E-state index is -0.162. The highest BCUT2D eigenvalue weighted by Gasteiger charge is 2.22. The molecule has 2 N–H and O–H groups in total. The van der Waals surface area contributed by atoms with E-state index in [9.17, 15) is 9.90 Å². The van der Waals surface area contributed by atoms with Crippen molar-refractivity contribution in [2.75, 3.05) is 6.54 Å². The second-order valence-electron chi connectivity index (χ2n) is 3.96. The molecular formula is C12H19NO2. The third-order valence-corrected chi connectivity index (χ3v) is 2.63. The van der Waals surface area contributed by atoms with Crippen molar-refractivity contribution in [2.24, 2.45) is 5.92 Å². The van der Waals surface area contributed by atoms with Crippen LogP contribution >= 0.6 is 0 Å². The largest absolute Gasteiger partial charge is 0.393 e. The van der Waals surface area contributed by atoms with Crippen LogP contribution < -0.4 is 5.32 Å². The number of aliphatic hydroxyl groups excluding tert-OH is 1. The summed E-state index contributed by atoms with van der Waals surface area (Å²) in [6, 6.07) is 0. The summed E-state index contributed by atoms with van der Waals surface area (Å²) in [6.07, 6.45) is 9.47. The Morgan fingerprint density at radius 1 is 1.47 bits per heavy atom. The number of hydrogen-bond donors (Lipinski definition) is 2. The van der Waals surface area contributed by atoms with Gasteiger partial charge in [0.15, 0.2) is 0 Å². The van der Waals surface area contributed by atoms with Gasteiger partial charge in [0.2, 0.25) is 5.91 Å². The second-order valence-corrected chi connectivity index (χ2v) is 3.96. The lowest BCUT2D eigenvalue weighted by Crippen LogP contribution is -2.26. The van der Waals surface area contributed by atoms with E-state index < -0.39 is 0 Å². The smallest absolute Gasteiger partial charge is 0.243 e. The molecule has 1 rings (SSSR count). The van der Waals surface area contributed by atoms with Gasteiger partial charge in [-0.2, -0.15) is 0 Å². The molecule has 1 aliphatic carbocycles. The molecule has 1 fully saturated rings. The molecule has 0 aromatic heterocycles. The molecule has 0 bridgehead atoms. The van der Waals surface area contributed by atoms with E-state index in [-0.39, 0.29) is 12.0 Å². The first-order valence-corrected chi connectivity index (χ1v) is 5.47. The molecule has 0 saturated heterocycles. The summed E-state index contributed by atoms with van der Waals surface area (Å²) in [5, 5.41) is 12.1. The summed E-state index contributed by atoms with van der Waals surface area (Å²) in [7, 11) is 0. The van der Waals surface area contributed by atoms with Crippen molar-refractivity contribution in [2.45, 2.75) is 32.3 Å². The first kappa shape index (κ1) is 12.0. The molecule has 0 heterocycles. The van der Waals surface area contributed by atoms with Gasteiger partial charge >= 0.3 is 0 Å². The third-order valence-electron chi connectivity index (χ3n) is 2.63. The Morgan fingerprint density at radius 3 is 2.87 bits per heavy atom. The fourth-order valence-electron chi connectivity index (χ4n) is 1.79. The molecule has 15 heavy (non-hydrogen) atoms. The highest BCUT2D eigenvalue weighted by molar-refractivity contribution is 5.87. The van der Waals surface area contributed by atoms with Crippen LogP contribution in [0.5, 0.6) is 0 Å². The van der Waals surface area contributed by atoms with Gasteiger partial charge in [-0.3, -0.25) is 4.79 Å². The van der Waals surface area contributed by atoms with Crippen molar-refractivity contribution in [3.8, 4) is 0 Å². The summed E-state index contributed by atoms with van der Waals surface area (Å²) in [5.41, 5.74) is 0. The second kappa shape index (κ2) is 6.40. The fraction of sp³-hybridized carbons (Fsp3) is 0.583. The van der Waals surface area contributed by atoms with Crippen LogP contribution in [-0.4, -0.2) is 23.7 Å². The molecule has 2 unspecified atom stereocenters. The van der Waals surface area contributed by atoms with E-state index >= 15 is 0 Å². The number of carbonyl (C=O) groups is 1. The lowest BCUT2D eigenvalue weighted by Gasteiger charge is -2.08. The van der Waals surface area contributed by atoms with Crippen LogP contribution in [-0.2, 0) is 4.79 Å². The molecule has 3 nitrogen and oxygen atoms in total. The van der Waals surface area contributed by atoms with Crippen LogP contribution in [0.2, 0.25) is 0 Å². The predicted octanol–water partition coefficient (Wildman–Crippen LogP) is 1.40. The molecular weight excluding hydrogens is 190 g/mol. The average molecular weight is 209 g/mol. The van der Waals surface area contributed by atoms with E-state index in [1.807, 2.05) is 19.1 Å². The third kappa shape index (κ3) is 4.79. The van der Waals surface area contributed by atoms with Gasteiger partial charge < -0.3 is 10.4 Å². The van der Waals surface area contributed by atoms with Gasteiger partial charge in [-0.25, -0.2) is 0 Å². The first-order chi connectivity index (χ1) is 7.22. The quantitative estimate of drug-likeness (QED) is 0.543. The number of rotatable bonds is 4. The van der Waals surface area contributed by atoms with Crippen molar-refractivity contribution >= 4 is 5.91 Å². The van der Waals surface area contributed by atoms with E-state index in [4.69, 9.17) is 0 Å². The summed E-state index contributed by atoms with van der Waals surface area (Å²) >= 11 is 0. The predicted molar refractivity (Wildman–Crippen MR) is 60.3 cm³/mol. The van der Waals surface area contributed by atoms with Crippen LogP contribution in [0, 0.1) is 5.92 Å². The molecule has 84 valence electrons. The number of nitrogens with one attached hydrogen (secondary N) is 1. The van der Waals surface area contributed by atoms with Gasteiger partial charge in [0, 0.05) is 12.6 Å². The minimum absolute atomic E-state index is 0.0607. The molecule has 0 aromatic carbocycles. The van der Waals surface area contributed by atoms with Crippen LogP contribution in [0.4, 0.5) is 0 Å². The summed E-state index contributed by atoms with van der Waals surface area (Å²) in [6.45, 7) is 2.58. The van der Waals surface area contributed by atoms with Gasteiger partial charge in [-0.15, -0.1) is 0 Å². The Bertz CT molecular complexity index is 258. The van der Waals surface area contributed by atoms with E-state index in [0.717, 1.165) is 19.3 Å². The van der Waals surface area contributed by atoms with E-state index in [1.165, 1.54) is 6.08 Å². The maximum Gasteiger partial charge on any atom is 0.243 e. The van der Waals surface area contributed by atoms with Gasteiger partial charge in [-0.1, -0.05) is 18.2 Å². The van der Waals surface area contributed by atoms with Crippen LogP contribution in [0.25, 0.3) is 0 Å². The molecule has 3 heteroatoms. The van der Waals surface area contributed by atoms with Crippen LogP contribution in [0.3, 0.4) is 0 Å². The lowest BCUT2D eigenvalue weighted by molar-refractivity contribution is -0.116. The zero-order valence-electron chi connectivity index (χ0n) is 9.15. The van der Waals surface area contributed by atoms with Crippen LogP contribution in [0.15, 0.2) is 24.3 Å². The Balaban J connectivity index is 2.16. The minimum Gasteiger partial charge on any atom is -0.393 e.